The number of benzene rings is 1. The van der Waals surface area contributed by atoms with Gasteiger partial charge in [0.15, 0.2) is 0 Å². The van der Waals surface area contributed by atoms with Gasteiger partial charge in [-0.05, 0) is 25.0 Å². The van der Waals surface area contributed by atoms with Gasteiger partial charge in [-0.25, -0.2) is 18.3 Å². The molecule has 2 aliphatic heterocycles. The highest BCUT2D eigenvalue weighted by molar-refractivity contribution is 7.89. The van der Waals surface area contributed by atoms with E-state index < -0.39 is 10.0 Å². The van der Waals surface area contributed by atoms with Gasteiger partial charge in [0.1, 0.15) is 5.82 Å². The Morgan fingerprint density at radius 1 is 1.14 bits per heavy atom. The van der Waals surface area contributed by atoms with Crippen LogP contribution in [0.4, 0.5) is 0 Å². The van der Waals surface area contributed by atoms with Crippen molar-refractivity contribution in [2.45, 2.75) is 42.8 Å². The van der Waals surface area contributed by atoms with Crippen LogP contribution in [0.5, 0.6) is 0 Å². The Labute approximate surface area is 127 Å². The van der Waals surface area contributed by atoms with E-state index in [0.717, 1.165) is 12.8 Å². The van der Waals surface area contributed by atoms with Gasteiger partial charge in [-0.3, -0.25) is 4.57 Å². The van der Waals surface area contributed by atoms with E-state index in [1.807, 2.05) is 0 Å². The van der Waals surface area contributed by atoms with Crippen molar-refractivity contribution < 1.29 is 8.42 Å². The Kier molecular flexibility index (Phi) is 2.98. The standard InChI is InChI=1S/C14H16N4O3S/c19-14-16-15-13-8-10-6-7-11(9-17(13)14)18(10)22(20,21)12-4-2-1-3-5-12/h1-5,10-11H,6-9H2,(H,16,19). The summed E-state index contributed by atoms with van der Waals surface area (Å²) in [5.41, 5.74) is -0.264. The highest BCUT2D eigenvalue weighted by atomic mass is 32.2. The largest absolute Gasteiger partial charge is 0.343 e. The van der Waals surface area contributed by atoms with Crippen LogP contribution in [-0.2, 0) is 23.0 Å². The molecule has 2 bridgehead atoms. The first kappa shape index (κ1) is 13.7. The number of hydrogen-bond donors (Lipinski definition) is 1. The van der Waals surface area contributed by atoms with E-state index >= 15 is 0 Å². The summed E-state index contributed by atoms with van der Waals surface area (Å²) in [7, 11) is -3.55. The Morgan fingerprint density at radius 2 is 1.86 bits per heavy atom. The maximum Gasteiger partial charge on any atom is 0.343 e. The van der Waals surface area contributed by atoms with Crippen molar-refractivity contribution in [1.29, 1.82) is 0 Å². The van der Waals surface area contributed by atoms with Crippen LogP contribution in [0.25, 0.3) is 0 Å². The molecule has 0 saturated carbocycles. The van der Waals surface area contributed by atoms with Gasteiger partial charge >= 0.3 is 5.69 Å². The molecule has 2 aliphatic rings. The number of H-pyrrole nitrogens is 1. The molecule has 0 amide bonds. The molecule has 0 aliphatic carbocycles. The molecule has 1 fully saturated rings. The van der Waals surface area contributed by atoms with E-state index in [9.17, 15) is 13.2 Å². The monoisotopic (exact) mass is 320 g/mol. The zero-order chi connectivity index (χ0) is 15.3. The van der Waals surface area contributed by atoms with Gasteiger partial charge in [0.2, 0.25) is 10.0 Å². The number of nitrogens with one attached hydrogen (secondary N) is 1. The van der Waals surface area contributed by atoms with Crippen molar-refractivity contribution in [2.75, 3.05) is 0 Å². The zero-order valence-electron chi connectivity index (χ0n) is 11.8. The number of nitrogens with zero attached hydrogens (tertiary/aromatic N) is 3. The topological polar surface area (TPSA) is 88.1 Å². The van der Waals surface area contributed by atoms with Crippen molar-refractivity contribution in [3.8, 4) is 0 Å². The Balaban J connectivity index is 1.77. The van der Waals surface area contributed by atoms with Gasteiger partial charge in [-0.15, -0.1) is 0 Å². The van der Waals surface area contributed by atoms with Gasteiger partial charge in [-0.1, -0.05) is 18.2 Å². The molecule has 1 aromatic carbocycles. The first-order chi connectivity index (χ1) is 10.6. The van der Waals surface area contributed by atoms with Crippen molar-refractivity contribution >= 4 is 10.0 Å². The van der Waals surface area contributed by atoms with Crippen LogP contribution in [0.1, 0.15) is 18.7 Å². The van der Waals surface area contributed by atoms with Crippen molar-refractivity contribution in [2.24, 2.45) is 0 Å². The molecular formula is C14H16N4O3S. The number of sulfonamides is 1. The molecule has 1 N–H and O–H groups in total. The molecule has 7 nitrogen and oxygen atoms in total. The number of aromatic nitrogens is 3. The van der Waals surface area contributed by atoms with Gasteiger partial charge in [0, 0.05) is 25.0 Å². The molecular weight excluding hydrogens is 304 g/mol. The highest BCUT2D eigenvalue weighted by Gasteiger charge is 2.45. The molecule has 2 aromatic rings. The minimum Gasteiger partial charge on any atom is -0.277 e. The number of fused-ring (bicyclic) bond motifs is 3. The molecule has 2 atom stereocenters. The van der Waals surface area contributed by atoms with E-state index in [1.54, 1.807) is 39.2 Å². The summed E-state index contributed by atoms with van der Waals surface area (Å²) < 4.78 is 29.1. The van der Waals surface area contributed by atoms with Crippen LogP contribution in [-0.4, -0.2) is 39.6 Å². The lowest BCUT2D eigenvalue weighted by molar-refractivity contribution is 0.314. The van der Waals surface area contributed by atoms with Gasteiger partial charge in [-0.2, -0.15) is 9.40 Å². The lowest BCUT2D eigenvalue weighted by Gasteiger charge is -2.26. The van der Waals surface area contributed by atoms with Crippen LogP contribution >= 0.6 is 0 Å². The molecule has 8 heteroatoms. The van der Waals surface area contributed by atoms with Crippen LogP contribution in [0, 0.1) is 0 Å². The van der Waals surface area contributed by atoms with Crippen LogP contribution in [0.2, 0.25) is 0 Å². The summed E-state index contributed by atoms with van der Waals surface area (Å²) in [6.45, 7) is 0.368. The third-order valence-electron chi connectivity index (χ3n) is 4.52. The number of rotatable bonds is 2. The minimum absolute atomic E-state index is 0.133. The number of aromatic amines is 1. The van der Waals surface area contributed by atoms with Crippen molar-refractivity contribution in [1.82, 2.24) is 19.1 Å². The summed E-state index contributed by atoms with van der Waals surface area (Å²) in [4.78, 5) is 12.1. The minimum atomic E-state index is -3.55. The maximum absolute atomic E-state index is 13.0. The predicted octanol–water partition coefficient (Wildman–Crippen LogP) is 0.349. The quantitative estimate of drug-likeness (QED) is 0.865. The van der Waals surface area contributed by atoms with Gasteiger partial charge in [0.05, 0.1) is 4.90 Å². The summed E-state index contributed by atoms with van der Waals surface area (Å²) in [5.74, 6) is 0.644. The first-order valence-electron chi connectivity index (χ1n) is 7.30. The molecule has 2 unspecified atom stereocenters. The predicted molar refractivity (Wildman–Crippen MR) is 78.8 cm³/mol. The third-order valence-corrected chi connectivity index (χ3v) is 6.54. The fourth-order valence-corrected chi connectivity index (χ4v) is 5.41. The molecule has 116 valence electrons. The molecule has 1 saturated heterocycles. The Morgan fingerprint density at radius 3 is 2.64 bits per heavy atom. The van der Waals surface area contributed by atoms with Gasteiger partial charge < -0.3 is 0 Å². The molecule has 0 spiro atoms. The van der Waals surface area contributed by atoms with E-state index in [2.05, 4.69) is 10.2 Å². The third kappa shape index (κ3) is 1.94. The second-order valence-corrected chi connectivity index (χ2v) is 7.64. The average molecular weight is 320 g/mol. The van der Waals surface area contributed by atoms with Crippen molar-refractivity contribution in [3.05, 3.63) is 46.6 Å². The lowest BCUT2D eigenvalue weighted by Crippen LogP contribution is -2.42. The number of hydrogen-bond acceptors (Lipinski definition) is 4. The van der Waals surface area contributed by atoms with E-state index in [4.69, 9.17) is 0 Å². The summed E-state index contributed by atoms with van der Waals surface area (Å²) in [6.07, 6.45) is 2.05. The fraction of sp³-hybridized carbons (Fsp3) is 0.429. The summed E-state index contributed by atoms with van der Waals surface area (Å²) in [6, 6.07) is 8.16. The molecule has 3 heterocycles. The van der Waals surface area contributed by atoms with Crippen LogP contribution in [0.3, 0.4) is 0 Å². The van der Waals surface area contributed by atoms with Crippen LogP contribution < -0.4 is 5.69 Å². The zero-order valence-corrected chi connectivity index (χ0v) is 12.7. The SMILES string of the molecule is O=c1[nH]nc2n1CC1CCC(C2)N1S(=O)(=O)c1ccccc1. The van der Waals surface area contributed by atoms with E-state index in [0.29, 0.717) is 23.7 Å². The smallest absolute Gasteiger partial charge is 0.277 e. The maximum atomic E-state index is 13.0. The molecule has 22 heavy (non-hydrogen) atoms. The Hall–Kier alpha value is -1.93. The molecule has 4 rings (SSSR count). The van der Waals surface area contributed by atoms with Crippen LogP contribution in [0.15, 0.2) is 40.0 Å². The average Bonchev–Trinajstić information content (AvgIpc) is 3.00. The molecule has 0 radical (unpaired) electrons. The van der Waals surface area contributed by atoms with Crippen molar-refractivity contribution in [3.63, 3.8) is 0 Å². The van der Waals surface area contributed by atoms with E-state index in [1.165, 1.54) is 0 Å². The lowest BCUT2D eigenvalue weighted by atomic mass is 10.1. The van der Waals surface area contributed by atoms with Gasteiger partial charge in [0.25, 0.3) is 0 Å². The normalized spacial score (nSPS) is 24.9. The highest BCUT2D eigenvalue weighted by Crippen LogP contribution is 2.35. The summed E-state index contributed by atoms with van der Waals surface area (Å²) in [5, 5.41) is 6.48. The molecule has 1 aromatic heterocycles. The second kappa shape index (κ2) is 4.79. The van der Waals surface area contributed by atoms with E-state index in [-0.39, 0.29) is 17.8 Å². The summed E-state index contributed by atoms with van der Waals surface area (Å²) >= 11 is 0. The Bertz CT molecular complexity index is 856. The fourth-order valence-electron chi connectivity index (χ4n) is 3.52. The second-order valence-electron chi connectivity index (χ2n) is 5.79. The first-order valence-corrected chi connectivity index (χ1v) is 8.74.